The minimum atomic E-state index is 0.255. The van der Waals surface area contributed by atoms with Crippen molar-refractivity contribution in [1.82, 2.24) is 19.8 Å². The van der Waals surface area contributed by atoms with Gasteiger partial charge in [-0.15, -0.1) is 0 Å². The minimum Gasteiger partial charge on any atom is -0.333 e. The summed E-state index contributed by atoms with van der Waals surface area (Å²) in [5.74, 6) is 0. The van der Waals surface area contributed by atoms with E-state index >= 15 is 0 Å². The third kappa shape index (κ3) is 3.18. The highest BCUT2D eigenvalue weighted by atomic mass is 15.2. The first-order valence-electron chi connectivity index (χ1n) is 7.48. The molecule has 1 aromatic heterocycles. The van der Waals surface area contributed by atoms with Crippen molar-refractivity contribution in [3.63, 3.8) is 0 Å². The van der Waals surface area contributed by atoms with Crippen LogP contribution in [-0.4, -0.2) is 47.2 Å². The minimum absolute atomic E-state index is 0.255. The van der Waals surface area contributed by atoms with Crippen molar-refractivity contribution in [2.24, 2.45) is 0 Å². The second-order valence-electron chi connectivity index (χ2n) is 6.20. The molecule has 2 rings (SSSR count). The SMILES string of the molecule is CCC(C)N(C)CCn1cncc1C1(C)CCNC1. The molecule has 1 aliphatic heterocycles. The van der Waals surface area contributed by atoms with Crippen molar-refractivity contribution in [2.45, 2.75) is 51.6 Å². The van der Waals surface area contributed by atoms with E-state index in [4.69, 9.17) is 0 Å². The maximum Gasteiger partial charge on any atom is 0.0948 e. The molecule has 1 aromatic rings. The molecule has 2 unspecified atom stereocenters. The van der Waals surface area contributed by atoms with Crippen LogP contribution in [-0.2, 0) is 12.0 Å². The molecular formula is C15H28N4. The first-order valence-corrected chi connectivity index (χ1v) is 7.48. The molecule has 1 aliphatic rings. The van der Waals surface area contributed by atoms with Crippen LogP contribution in [0.3, 0.4) is 0 Å². The fourth-order valence-corrected chi connectivity index (χ4v) is 2.83. The van der Waals surface area contributed by atoms with Crippen molar-refractivity contribution < 1.29 is 0 Å². The summed E-state index contributed by atoms with van der Waals surface area (Å²) in [4.78, 5) is 6.80. The quantitative estimate of drug-likeness (QED) is 0.851. The van der Waals surface area contributed by atoms with Crippen LogP contribution in [0.4, 0.5) is 0 Å². The highest BCUT2D eigenvalue weighted by Gasteiger charge is 2.33. The van der Waals surface area contributed by atoms with Gasteiger partial charge in [0.25, 0.3) is 0 Å². The lowest BCUT2D eigenvalue weighted by Crippen LogP contribution is -2.33. The van der Waals surface area contributed by atoms with Gasteiger partial charge in [0.15, 0.2) is 0 Å². The third-order valence-electron chi connectivity index (χ3n) is 4.74. The number of imidazole rings is 1. The Morgan fingerprint density at radius 3 is 3.00 bits per heavy atom. The molecule has 0 saturated carbocycles. The average Bonchev–Trinajstić information content (AvgIpc) is 3.04. The van der Waals surface area contributed by atoms with Crippen LogP contribution in [0.2, 0.25) is 0 Å². The first kappa shape index (κ1) is 14.5. The van der Waals surface area contributed by atoms with Crippen LogP contribution < -0.4 is 5.32 Å². The number of nitrogens with zero attached hydrogens (tertiary/aromatic N) is 3. The zero-order valence-electron chi connectivity index (χ0n) is 12.8. The van der Waals surface area contributed by atoms with Gasteiger partial charge in [-0.3, -0.25) is 0 Å². The Balaban J connectivity index is 2.00. The van der Waals surface area contributed by atoms with Crippen molar-refractivity contribution >= 4 is 0 Å². The summed E-state index contributed by atoms with van der Waals surface area (Å²) in [6.07, 6.45) is 6.45. The summed E-state index contributed by atoms with van der Waals surface area (Å²) >= 11 is 0. The molecule has 4 nitrogen and oxygen atoms in total. The normalized spacial score (nSPS) is 25.1. The molecule has 0 spiro atoms. The van der Waals surface area contributed by atoms with Gasteiger partial charge in [-0.25, -0.2) is 4.98 Å². The number of hydrogen-bond acceptors (Lipinski definition) is 3. The predicted octanol–water partition coefficient (Wildman–Crippen LogP) is 1.86. The number of hydrogen-bond donors (Lipinski definition) is 1. The molecule has 0 aliphatic carbocycles. The number of rotatable bonds is 6. The predicted molar refractivity (Wildman–Crippen MR) is 79.4 cm³/mol. The zero-order chi connectivity index (χ0) is 13.9. The molecule has 19 heavy (non-hydrogen) atoms. The van der Waals surface area contributed by atoms with E-state index in [-0.39, 0.29) is 5.41 Å². The molecule has 0 radical (unpaired) electrons. The summed E-state index contributed by atoms with van der Waals surface area (Å²) < 4.78 is 2.34. The highest BCUT2D eigenvalue weighted by molar-refractivity contribution is 5.17. The Kier molecular flexibility index (Phi) is 4.63. The summed E-state index contributed by atoms with van der Waals surface area (Å²) in [7, 11) is 2.21. The van der Waals surface area contributed by atoms with E-state index in [0.29, 0.717) is 6.04 Å². The van der Waals surface area contributed by atoms with Gasteiger partial charge in [-0.1, -0.05) is 13.8 Å². The van der Waals surface area contributed by atoms with Crippen molar-refractivity contribution in [3.8, 4) is 0 Å². The Morgan fingerprint density at radius 1 is 1.58 bits per heavy atom. The number of nitrogens with one attached hydrogen (secondary N) is 1. The van der Waals surface area contributed by atoms with E-state index in [1.54, 1.807) is 0 Å². The molecule has 1 N–H and O–H groups in total. The van der Waals surface area contributed by atoms with Crippen molar-refractivity contribution in [2.75, 3.05) is 26.7 Å². The van der Waals surface area contributed by atoms with Gasteiger partial charge < -0.3 is 14.8 Å². The zero-order valence-corrected chi connectivity index (χ0v) is 12.8. The monoisotopic (exact) mass is 264 g/mol. The largest absolute Gasteiger partial charge is 0.333 e. The van der Waals surface area contributed by atoms with Gasteiger partial charge in [-0.05, 0) is 33.4 Å². The molecule has 4 heteroatoms. The van der Waals surface area contributed by atoms with Gasteiger partial charge in [0.1, 0.15) is 0 Å². The molecule has 1 fully saturated rings. The van der Waals surface area contributed by atoms with Crippen molar-refractivity contribution in [3.05, 3.63) is 18.2 Å². The van der Waals surface area contributed by atoms with Crippen LogP contribution in [0, 0.1) is 0 Å². The van der Waals surface area contributed by atoms with Gasteiger partial charge in [-0.2, -0.15) is 0 Å². The fourth-order valence-electron chi connectivity index (χ4n) is 2.83. The molecule has 0 bridgehead atoms. The molecule has 1 saturated heterocycles. The number of aromatic nitrogens is 2. The van der Waals surface area contributed by atoms with E-state index in [1.807, 2.05) is 6.33 Å². The van der Waals surface area contributed by atoms with Crippen molar-refractivity contribution in [1.29, 1.82) is 0 Å². The van der Waals surface area contributed by atoms with Gasteiger partial charge in [0.05, 0.1) is 6.33 Å². The van der Waals surface area contributed by atoms with E-state index in [0.717, 1.165) is 26.2 Å². The lowest BCUT2D eigenvalue weighted by Gasteiger charge is -2.27. The first-order chi connectivity index (χ1) is 9.07. The maximum absolute atomic E-state index is 4.37. The summed E-state index contributed by atoms with van der Waals surface area (Å²) in [5, 5.41) is 3.47. The van der Waals surface area contributed by atoms with Crippen LogP contribution in [0.5, 0.6) is 0 Å². The van der Waals surface area contributed by atoms with Crippen LogP contribution in [0.25, 0.3) is 0 Å². The van der Waals surface area contributed by atoms with E-state index < -0.39 is 0 Å². The summed E-state index contributed by atoms with van der Waals surface area (Å²) in [5.41, 5.74) is 1.64. The topological polar surface area (TPSA) is 33.1 Å². The Morgan fingerprint density at radius 2 is 2.37 bits per heavy atom. The Hall–Kier alpha value is -0.870. The Bertz CT molecular complexity index is 393. The fraction of sp³-hybridized carbons (Fsp3) is 0.800. The second-order valence-corrected chi connectivity index (χ2v) is 6.20. The average molecular weight is 264 g/mol. The molecular weight excluding hydrogens is 236 g/mol. The van der Waals surface area contributed by atoms with Crippen LogP contribution in [0.1, 0.15) is 39.3 Å². The molecule has 2 heterocycles. The molecule has 2 atom stereocenters. The van der Waals surface area contributed by atoms with Crippen LogP contribution >= 0.6 is 0 Å². The van der Waals surface area contributed by atoms with E-state index in [2.05, 4.69) is 53.8 Å². The van der Waals surface area contributed by atoms with Crippen LogP contribution in [0.15, 0.2) is 12.5 Å². The highest BCUT2D eigenvalue weighted by Crippen LogP contribution is 2.29. The lowest BCUT2D eigenvalue weighted by atomic mass is 9.86. The standard InChI is InChI=1S/C15H28N4/c1-5-13(2)18(4)8-9-19-12-17-10-14(19)15(3)6-7-16-11-15/h10,12-13,16H,5-9,11H2,1-4H3. The lowest BCUT2D eigenvalue weighted by molar-refractivity contribution is 0.240. The molecule has 0 amide bonds. The third-order valence-corrected chi connectivity index (χ3v) is 4.74. The van der Waals surface area contributed by atoms with Gasteiger partial charge in [0.2, 0.25) is 0 Å². The van der Waals surface area contributed by atoms with Gasteiger partial charge >= 0.3 is 0 Å². The maximum atomic E-state index is 4.37. The van der Waals surface area contributed by atoms with Gasteiger partial charge in [0, 0.05) is 43.0 Å². The smallest absolute Gasteiger partial charge is 0.0948 e. The van der Waals surface area contributed by atoms with E-state index in [1.165, 1.54) is 18.5 Å². The second kappa shape index (κ2) is 6.06. The summed E-state index contributed by atoms with van der Waals surface area (Å²) in [6, 6.07) is 0.649. The summed E-state index contributed by atoms with van der Waals surface area (Å²) in [6.45, 7) is 11.2. The number of likely N-dealkylation sites (N-methyl/N-ethyl adjacent to an activating group) is 1. The molecule has 0 aromatic carbocycles. The van der Waals surface area contributed by atoms with E-state index in [9.17, 15) is 0 Å². The Labute approximate surface area is 117 Å². The molecule has 108 valence electrons.